The van der Waals surface area contributed by atoms with Crippen molar-refractivity contribution in [3.8, 4) is 0 Å². The fourth-order valence-electron chi connectivity index (χ4n) is 2.85. The molecular formula is C11H22N2. The Bertz CT molecular complexity index is 183. The molecule has 1 saturated heterocycles. The van der Waals surface area contributed by atoms with E-state index < -0.39 is 0 Å². The summed E-state index contributed by atoms with van der Waals surface area (Å²) in [5.41, 5.74) is 0.567. The van der Waals surface area contributed by atoms with Crippen LogP contribution in [0.4, 0.5) is 0 Å². The summed E-state index contributed by atoms with van der Waals surface area (Å²) in [6, 6.07) is 1.63. The van der Waals surface area contributed by atoms with Crippen molar-refractivity contribution in [2.75, 3.05) is 20.1 Å². The molecule has 0 radical (unpaired) electrons. The first-order valence-corrected chi connectivity index (χ1v) is 5.54. The van der Waals surface area contributed by atoms with Gasteiger partial charge in [-0.3, -0.25) is 4.90 Å². The molecule has 1 heterocycles. The average Bonchev–Trinajstić information content (AvgIpc) is 2.54. The Kier molecular flexibility index (Phi) is 2.37. The van der Waals surface area contributed by atoms with E-state index in [0.717, 1.165) is 12.1 Å². The second-order valence-electron chi connectivity index (χ2n) is 5.36. The molecule has 1 saturated carbocycles. The van der Waals surface area contributed by atoms with Crippen LogP contribution in [0.2, 0.25) is 0 Å². The van der Waals surface area contributed by atoms with Crippen molar-refractivity contribution in [3.63, 3.8) is 0 Å². The molecule has 1 N–H and O–H groups in total. The summed E-state index contributed by atoms with van der Waals surface area (Å²) >= 11 is 0. The monoisotopic (exact) mass is 182 g/mol. The predicted octanol–water partition coefficient (Wildman–Crippen LogP) is 1.47. The van der Waals surface area contributed by atoms with Crippen molar-refractivity contribution in [3.05, 3.63) is 0 Å². The van der Waals surface area contributed by atoms with E-state index in [2.05, 4.69) is 31.1 Å². The molecule has 2 aliphatic rings. The highest BCUT2D eigenvalue weighted by atomic mass is 15.2. The van der Waals surface area contributed by atoms with Gasteiger partial charge in [-0.1, -0.05) is 13.8 Å². The van der Waals surface area contributed by atoms with Gasteiger partial charge in [-0.05, 0) is 38.3 Å². The largest absolute Gasteiger partial charge is 0.315 e. The highest BCUT2D eigenvalue weighted by molar-refractivity contribution is 4.97. The van der Waals surface area contributed by atoms with Gasteiger partial charge in [0.1, 0.15) is 0 Å². The number of rotatable bonds is 2. The summed E-state index contributed by atoms with van der Waals surface area (Å²) in [5, 5.41) is 3.44. The normalized spacial score (nSPS) is 37.8. The lowest BCUT2D eigenvalue weighted by molar-refractivity contribution is -0.00421. The number of likely N-dealkylation sites (N-methyl/N-ethyl adjacent to an activating group) is 1. The van der Waals surface area contributed by atoms with E-state index in [1.165, 1.54) is 32.4 Å². The Morgan fingerprint density at radius 3 is 2.46 bits per heavy atom. The maximum Gasteiger partial charge on any atom is 0.0232 e. The Balaban J connectivity index is 1.92. The third-order valence-corrected chi connectivity index (χ3v) is 4.07. The molecule has 0 aromatic heterocycles. The molecule has 0 amide bonds. The lowest BCUT2D eigenvalue weighted by Crippen LogP contribution is -2.54. The molecule has 2 nitrogen and oxygen atoms in total. The molecule has 2 unspecified atom stereocenters. The van der Waals surface area contributed by atoms with E-state index in [-0.39, 0.29) is 0 Å². The van der Waals surface area contributed by atoms with Crippen LogP contribution in [0.15, 0.2) is 0 Å². The molecule has 0 spiro atoms. The van der Waals surface area contributed by atoms with Gasteiger partial charge in [0.2, 0.25) is 0 Å². The number of nitrogens with zero attached hydrogens (tertiary/aromatic N) is 1. The van der Waals surface area contributed by atoms with Crippen molar-refractivity contribution < 1.29 is 0 Å². The molecule has 1 aliphatic heterocycles. The molecule has 1 aliphatic carbocycles. The minimum absolute atomic E-state index is 0.567. The highest BCUT2D eigenvalue weighted by Crippen LogP contribution is 2.43. The lowest BCUT2D eigenvalue weighted by Gasteiger charge is -2.51. The molecule has 0 aromatic carbocycles. The zero-order valence-electron chi connectivity index (χ0n) is 9.14. The van der Waals surface area contributed by atoms with Crippen molar-refractivity contribution >= 4 is 0 Å². The zero-order valence-corrected chi connectivity index (χ0v) is 9.14. The van der Waals surface area contributed by atoms with E-state index in [1.807, 2.05) is 0 Å². The molecular weight excluding hydrogens is 160 g/mol. The van der Waals surface area contributed by atoms with Crippen LogP contribution in [0.25, 0.3) is 0 Å². The predicted molar refractivity (Wildman–Crippen MR) is 55.8 cm³/mol. The Hall–Kier alpha value is -0.0800. The van der Waals surface area contributed by atoms with E-state index in [1.54, 1.807) is 0 Å². The number of hydrogen-bond acceptors (Lipinski definition) is 2. The molecule has 2 atom stereocenters. The van der Waals surface area contributed by atoms with Crippen molar-refractivity contribution in [1.82, 2.24) is 10.2 Å². The van der Waals surface area contributed by atoms with Crippen LogP contribution in [0.3, 0.4) is 0 Å². The molecule has 0 bridgehead atoms. The van der Waals surface area contributed by atoms with Crippen LogP contribution in [0, 0.1) is 5.41 Å². The smallest absolute Gasteiger partial charge is 0.0232 e. The van der Waals surface area contributed by atoms with Gasteiger partial charge in [0, 0.05) is 18.6 Å². The first-order valence-electron chi connectivity index (χ1n) is 5.54. The average molecular weight is 182 g/mol. The van der Waals surface area contributed by atoms with Crippen LogP contribution < -0.4 is 5.32 Å². The zero-order chi connectivity index (χ0) is 9.47. The van der Waals surface area contributed by atoms with Gasteiger partial charge >= 0.3 is 0 Å². The number of hydrogen-bond donors (Lipinski definition) is 1. The van der Waals surface area contributed by atoms with Gasteiger partial charge in [-0.15, -0.1) is 0 Å². The molecule has 2 fully saturated rings. The summed E-state index contributed by atoms with van der Waals surface area (Å²) in [6.07, 6.45) is 4.14. The van der Waals surface area contributed by atoms with Crippen molar-refractivity contribution in [2.24, 2.45) is 5.41 Å². The summed E-state index contributed by atoms with van der Waals surface area (Å²) in [5.74, 6) is 0. The van der Waals surface area contributed by atoms with Crippen molar-refractivity contribution in [2.45, 2.75) is 45.2 Å². The Labute approximate surface area is 81.7 Å². The third kappa shape index (κ3) is 1.62. The van der Waals surface area contributed by atoms with Crippen molar-refractivity contribution in [1.29, 1.82) is 0 Å². The first kappa shape index (κ1) is 9.47. The van der Waals surface area contributed by atoms with Gasteiger partial charge in [0.25, 0.3) is 0 Å². The second-order valence-corrected chi connectivity index (χ2v) is 5.36. The van der Waals surface area contributed by atoms with Crippen LogP contribution in [-0.4, -0.2) is 37.1 Å². The van der Waals surface area contributed by atoms with E-state index >= 15 is 0 Å². The van der Waals surface area contributed by atoms with E-state index in [4.69, 9.17) is 0 Å². The van der Waals surface area contributed by atoms with Crippen LogP contribution in [-0.2, 0) is 0 Å². The number of nitrogens with one attached hydrogen (secondary N) is 1. The SMILES string of the molecule is CN(C1CCNC1)C1CCC1(C)C. The second kappa shape index (κ2) is 3.25. The van der Waals surface area contributed by atoms with Gasteiger partial charge in [0.05, 0.1) is 0 Å². The van der Waals surface area contributed by atoms with Gasteiger partial charge in [0.15, 0.2) is 0 Å². The van der Waals surface area contributed by atoms with Gasteiger partial charge in [-0.2, -0.15) is 0 Å². The first-order chi connectivity index (χ1) is 6.11. The van der Waals surface area contributed by atoms with E-state index in [0.29, 0.717) is 5.41 Å². The summed E-state index contributed by atoms with van der Waals surface area (Å²) in [7, 11) is 2.31. The summed E-state index contributed by atoms with van der Waals surface area (Å²) in [6.45, 7) is 7.21. The Morgan fingerprint density at radius 2 is 2.08 bits per heavy atom. The molecule has 2 rings (SSSR count). The molecule has 2 heteroatoms. The Morgan fingerprint density at radius 1 is 1.31 bits per heavy atom. The maximum absolute atomic E-state index is 3.44. The molecule has 13 heavy (non-hydrogen) atoms. The molecule has 76 valence electrons. The highest BCUT2D eigenvalue weighted by Gasteiger charge is 2.42. The van der Waals surface area contributed by atoms with E-state index in [9.17, 15) is 0 Å². The fraction of sp³-hybridized carbons (Fsp3) is 1.00. The minimum Gasteiger partial charge on any atom is -0.315 e. The minimum atomic E-state index is 0.567. The third-order valence-electron chi connectivity index (χ3n) is 4.07. The van der Waals surface area contributed by atoms with Crippen LogP contribution >= 0.6 is 0 Å². The standard InChI is InChI=1S/C11H22N2/c1-11(2)6-4-10(11)13(3)9-5-7-12-8-9/h9-10,12H,4-8H2,1-3H3. The summed E-state index contributed by atoms with van der Waals surface area (Å²) in [4.78, 5) is 2.61. The fourth-order valence-corrected chi connectivity index (χ4v) is 2.85. The van der Waals surface area contributed by atoms with Crippen LogP contribution in [0.1, 0.15) is 33.1 Å². The van der Waals surface area contributed by atoms with Gasteiger partial charge in [-0.25, -0.2) is 0 Å². The quantitative estimate of drug-likeness (QED) is 0.695. The lowest BCUT2D eigenvalue weighted by atomic mass is 9.66. The van der Waals surface area contributed by atoms with Gasteiger partial charge < -0.3 is 5.32 Å². The molecule has 0 aromatic rings. The summed E-state index contributed by atoms with van der Waals surface area (Å²) < 4.78 is 0. The topological polar surface area (TPSA) is 15.3 Å². The van der Waals surface area contributed by atoms with Crippen LogP contribution in [0.5, 0.6) is 0 Å². The maximum atomic E-state index is 3.44.